The normalized spacial score (nSPS) is 23.8. The Hall–Kier alpha value is -6.13. The van der Waals surface area contributed by atoms with Gasteiger partial charge in [-0.15, -0.1) is 0 Å². The number of ether oxygens (including phenoxy) is 4. The molecule has 8 saturated carbocycles. The van der Waals surface area contributed by atoms with Crippen LogP contribution in [0.25, 0.3) is 0 Å². The van der Waals surface area contributed by atoms with E-state index in [1.165, 1.54) is 55.7 Å². The zero-order valence-corrected chi connectivity index (χ0v) is 62.7. The predicted molar refractivity (Wildman–Crippen MR) is 378 cm³/mol. The Morgan fingerprint density at radius 1 is 0.480 bits per heavy atom. The number of benzene rings is 5. The molecule has 2 aliphatic heterocycles. The van der Waals surface area contributed by atoms with E-state index in [0.29, 0.717) is 75.1 Å². The van der Waals surface area contributed by atoms with Crippen LogP contribution < -0.4 is 0 Å². The number of alkyl halides is 4. The SMILES string of the molecule is C1CSCCO1.CC(C)(C)c1ccc([S+]2CCOCC2)cc1.CC(F)(F)C(=O)OC12CC3CC(C1)C(=O)C(C3)C2.CC(F)(F)C(=O)OC12CC3CC(C1)C(=O)C(C3)C2.O=C=O.O=C=O.[CH2+]C(C)(c1ccc(C(C)(C)C)cc1)c1ccc(C(C)(C)C)cc1.[Cu+2].[c-]1ccccc1.[c-]1ccccc1. The second kappa shape index (κ2) is 38.9. The van der Waals surface area contributed by atoms with E-state index in [4.69, 9.17) is 38.1 Å². The quantitative estimate of drug-likeness (QED) is 0.0496. The molecule has 100 heavy (non-hydrogen) atoms. The summed E-state index contributed by atoms with van der Waals surface area (Å²) in [4.78, 5) is 80.6. The maximum Gasteiger partial charge on any atom is 2.00 e. The summed E-state index contributed by atoms with van der Waals surface area (Å²) in [6, 6.07) is 52.1. The fraction of sp³-hybridized carbons (Fsp3) is 0.543. The maximum absolute atomic E-state index is 12.9. The van der Waals surface area contributed by atoms with Crippen molar-refractivity contribution in [3.8, 4) is 0 Å². The van der Waals surface area contributed by atoms with Crippen LogP contribution >= 0.6 is 11.8 Å². The molecule has 4 unspecified atom stereocenters. The van der Waals surface area contributed by atoms with Gasteiger partial charge in [-0.3, -0.25) is 9.59 Å². The molecule has 8 bridgehead atoms. The molecule has 5 aromatic carbocycles. The fourth-order valence-electron chi connectivity index (χ4n) is 14.0. The Morgan fingerprint density at radius 3 is 0.990 bits per heavy atom. The number of Topliss-reactive ketones (excluding diaryl/α,β-unsaturated/α-hetero) is 2. The van der Waals surface area contributed by atoms with Crippen LogP contribution in [0.3, 0.4) is 0 Å². The molecule has 12 nitrogen and oxygen atoms in total. The molecule has 547 valence electrons. The van der Waals surface area contributed by atoms with Crippen LogP contribution in [-0.4, -0.2) is 108 Å². The van der Waals surface area contributed by atoms with Gasteiger partial charge in [0, 0.05) is 71.0 Å². The van der Waals surface area contributed by atoms with Gasteiger partial charge in [0.1, 0.15) is 34.3 Å². The first-order valence-electron chi connectivity index (χ1n) is 34.1. The Balaban J connectivity index is 0.000000254. The summed E-state index contributed by atoms with van der Waals surface area (Å²) in [7, 11) is 0.432. The van der Waals surface area contributed by atoms with Crippen molar-refractivity contribution < 1.29 is 91.9 Å². The molecule has 0 spiro atoms. The van der Waals surface area contributed by atoms with Crippen molar-refractivity contribution in [3.05, 3.63) is 180 Å². The third kappa shape index (κ3) is 26.9. The zero-order valence-electron chi connectivity index (χ0n) is 60.1. The number of esters is 2. The average Bonchev–Trinajstić information content (AvgIpc) is 0.743. The molecule has 5 aromatic rings. The topological polar surface area (TPSA) is 173 Å². The minimum Gasteiger partial charge on any atom is -0.455 e. The molecule has 4 atom stereocenters. The summed E-state index contributed by atoms with van der Waals surface area (Å²) in [5.74, 6) is -4.08. The van der Waals surface area contributed by atoms with Gasteiger partial charge in [0.2, 0.25) is 0 Å². The van der Waals surface area contributed by atoms with Crippen molar-refractivity contribution in [2.24, 2.45) is 35.5 Å². The second-order valence-electron chi connectivity index (χ2n) is 30.2. The first kappa shape index (κ1) is 86.3. The summed E-state index contributed by atoms with van der Waals surface area (Å²) in [6.45, 7) is 31.9. The summed E-state index contributed by atoms with van der Waals surface area (Å²) in [6.07, 6.45) is 6.95. The number of halogens is 4. The molecular weight excluding hydrogens is 1370 g/mol. The number of carbonyl (C=O) groups excluding carboxylic acids is 8. The molecule has 15 rings (SSSR count). The van der Waals surface area contributed by atoms with Crippen molar-refractivity contribution in [3.63, 3.8) is 0 Å². The largest absolute Gasteiger partial charge is 2.00 e. The molecular formula is C81H102CuF4O12S2+2. The number of rotatable bonds is 7. The molecule has 0 aromatic heterocycles. The Kier molecular flexibility index (Phi) is 33.6. The summed E-state index contributed by atoms with van der Waals surface area (Å²) in [5, 5.41) is 0. The maximum atomic E-state index is 12.9. The Labute approximate surface area is 608 Å². The van der Waals surface area contributed by atoms with E-state index in [9.17, 15) is 36.7 Å². The van der Waals surface area contributed by atoms with Gasteiger partial charge in [-0.25, -0.2) is 9.59 Å². The van der Waals surface area contributed by atoms with Gasteiger partial charge in [0.05, 0.1) is 33.4 Å². The molecule has 1 radical (unpaired) electrons. The molecule has 8 aliphatic carbocycles. The molecule has 10 fully saturated rings. The van der Waals surface area contributed by atoms with Gasteiger partial charge in [-0.05, 0) is 128 Å². The van der Waals surface area contributed by atoms with E-state index in [1.54, 1.807) is 0 Å². The fourth-order valence-corrected chi connectivity index (χ4v) is 16.6. The minimum absolute atomic E-state index is 0. The van der Waals surface area contributed by atoms with Gasteiger partial charge in [0.15, 0.2) is 10.3 Å². The number of hydrogen-bond acceptors (Lipinski definition) is 13. The zero-order chi connectivity index (χ0) is 73.5. The second-order valence-corrected chi connectivity index (χ2v) is 33.7. The first-order chi connectivity index (χ1) is 46.4. The summed E-state index contributed by atoms with van der Waals surface area (Å²) in [5.41, 5.74) is 5.48. The van der Waals surface area contributed by atoms with Crippen LogP contribution in [0.5, 0.6) is 0 Å². The van der Waals surface area contributed by atoms with Crippen LogP contribution in [0.1, 0.15) is 175 Å². The van der Waals surface area contributed by atoms with E-state index in [-0.39, 0.29) is 86.3 Å². The smallest absolute Gasteiger partial charge is 0.455 e. The van der Waals surface area contributed by atoms with Crippen molar-refractivity contribution in [2.75, 3.05) is 49.4 Å². The number of thioether (sulfide) groups is 1. The van der Waals surface area contributed by atoms with E-state index >= 15 is 0 Å². The standard InChI is InChI=1S/C23H31.C14H21OS.2C13H16F2O3.2C6H5.C4H8OS.2CO2.Cu/c1-21(2,3)17-9-13-19(14-10-17)23(7,8)20-15-11-18(12-16-20)22(4,5)6;1-14(2,3)12-4-6-13(7-5-12)16-10-8-15-9-11-16;2*1-12(14,15)11(17)18-13-4-7-2-8(5-13)10(16)9(3-7)6-13;2*1-2-4-6-5-3-1;1-3-6-4-2-5-1;2*2-1-3;/h9-16H,7H2,1-6,8H3;4-7H,8-11H2,1-3H3;2*7-9H,2-6H2,1H3;2*1-5H;1-4H2;;;/q2*+1;;;2*-1;;;;+2. The van der Waals surface area contributed by atoms with Crippen LogP contribution in [0.15, 0.2) is 138 Å². The van der Waals surface area contributed by atoms with Crippen molar-refractivity contribution in [1.29, 1.82) is 0 Å². The van der Waals surface area contributed by atoms with Gasteiger partial charge < -0.3 is 18.9 Å². The van der Waals surface area contributed by atoms with Crippen LogP contribution in [0, 0.1) is 54.6 Å². The predicted octanol–water partition coefficient (Wildman–Crippen LogP) is 16.6. The monoisotopic (exact) mass is 1470 g/mol. The minimum atomic E-state index is -3.45. The van der Waals surface area contributed by atoms with E-state index < -0.39 is 35.0 Å². The number of carbonyl (C=O) groups is 4. The third-order valence-electron chi connectivity index (χ3n) is 18.9. The van der Waals surface area contributed by atoms with Gasteiger partial charge in [-0.1, -0.05) is 123 Å². The van der Waals surface area contributed by atoms with Crippen LogP contribution in [0.4, 0.5) is 17.6 Å². The van der Waals surface area contributed by atoms with Crippen molar-refractivity contribution in [2.45, 2.75) is 197 Å². The summed E-state index contributed by atoms with van der Waals surface area (Å²) >= 11 is 1.97. The molecule has 2 heterocycles. The Bertz CT molecular complexity index is 3070. The average molecular weight is 1470 g/mol. The van der Waals surface area contributed by atoms with Gasteiger partial charge in [0.25, 0.3) is 0 Å². The van der Waals surface area contributed by atoms with Gasteiger partial charge >= 0.3 is 53.2 Å². The van der Waals surface area contributed by atoms with Crippen LogP contribution in [0.2, 0.25) is 0 Å². The molecule has 0 N–H and O–H groups in total. The first-order valence-corrected chi connectivity index (χ1v) is 36.8. The third-order valence-corrected chi connectivity index (χ3v) is 22.1. The number of hydrogen-bond donors (Lipinski definition) is 0. The molecule has 0 amide bonds. The molecule has 10 aliphatic rings. The van der Waals surface area contributed by atoms with Crippen molar-refractivity contribution >= 4 is 58.5 Å². The van der Waals surface area contributed by atoms with E-state index in [1.807, 2.05) is 72.4 Å². The Morgan fingerprint density at radius 2 is 0.760 bits per heavy atom. The number of ketones is 2. The van der Waals surface area contributed by atoms with E-state index in [2.05, 4.69) is 161 Å². The van der Waals surface area contributed by atoms with Crippen molar-refractivity contribution in [1.82, 2.24) is 0 Å². The molecule has 2 saturated heterocycles. The van der Waals surface area contributed by atoms with E-state index in [0.717, 1.165) is 52.1 Å². The molecule has 19 heteroatoms. The van der Waals surface area contributed by atoms with Crippen LogP contribution in [-0.2, 0) is 107 Å². The summed E-state index contributed by atoms with van der Waals surface area (Å²) < 4.78 is 72.4. The van der Waals surface area contributed by atoms with Gasteiger partial charge in [-0.2, -0.15) is 121 Å².